The number of nitrogen functional groups attached to an aromatic ring is 1. The summed E-state index contributed by atoms with van der Waals surface area (Å²) in [5, 5.41) is 0.972. The molecule has 0 aliphatic carbocycles. The van der Waals surface area contributed by atoms with Gasteiger partial charge in [-0.3, -0.25) is 0 Å². The Hall–Kier alpha value is -1.94. The van der Waals surface area contributed by atoms with Gasteiger partial charge in [-0.25, -0.2) is 9.97 Å². The fourth-order valence-electron chi connectivity index (χ4n) is 2.31. The SMILES string of the molecule is CCc1cc2c(N)nc(-c3ccc(C(C)C)cc3)nc2s1. The molecule has 2 heterocycles. The topological polar surface area (TPSA) is 51.8 Å². The highest BCUT2D eigenvalue weighted by molar-refractivity contribution is 7.18. The quantitative estimate of drug-likeness (QED) is 0.767. The first kappa shape index (κ1) is 14.0. The van der Waals surface area contributed by atoms with Crippen molar-refractivity contribution in [3.05, 3.63) is 40.8 Å². The van der Waals surface area contributed by atoms with Crippen LogP contribution in [0, 0.1) is 0 Å². The minimum atomic E-state index is 0.525. The standard InChI is InChI=1S/C17H19N3S/c1-4-13-9-14-15(18)19-16(20-17(14)21-13)12-7-5-11(6-8-12)10(2)3/h5-10H,4H2,1-3H3,(H2,18,19,20). The molecule has 21 heavy (non-hydrogen) atoms. The smallest absolute Gasteiger partial charge is 0.163 e. The molecule has 0 aliphatic heterocycles. The number of benzene rings is 1. The lowest BCUT2D eigenvalue weighted by molar-refractivity contribution is 0.867. The third kappa shape index (κ3) is 2.63. The van der Waals surface area contributed by atoms with Gasteiger partial charge in [0.2, 0.25) is 0 Å². The first-order valence-corrected chi connectivity index (χ1v) is 8.06. The van der Waals surface area contributed by atoms with Crippen LogP contribution in [-0.2, 0) is 6.42 Å². The summed E-state index contributed by atoms with van der Waals surface area (Å²) in [6.45, 7) is 6.51. The van der Waals surface area contributed by atoms with Gasteiger partial charge < -0.3 is 5.73 Å². The van der Waals surface area contributed by atoms with Crippen molar-refractivity contribution in [1.29, 1.82) is 0 Å². The van der Waals surface area contributed by atoms with Gasteiger partial charge >= 0.3 is 0 Å². The van der Waals surface area contributed by atoms with Crippen LogP contribution < -0.4 is 5.73 Å². The van der Waals surface area contributed by atoms with E-state index in [2.05, 4.69) is 61.1 Å². The number of nitrogens with zero attached hydrogens (tertiary/aromatic N) is 2. The van der Waals surface area contributed by atoms with Crippen LogP contribution in [0.2, 0.25) is 0 Å². The number of rotatable bonds is 3. The number of fused-ring (bicyclic) bond motifs is 1. The van der Waals surface area contributed by atoms with Crippen LogP contribution in [0.25, 0.3) is 21.6 Å². The molecule has 108 valence electrons. The number of anilines is 1. The molecule has 0 fully saturated rings. The van der Waals surface area contributed by atoms with Crippen molar-refractivity contribution in [2.45, 2.75) is 33.1 Å². The predicted octanol–water partition coefficient (Wildman–Crippen LogP) is 4.63. The molecule has 0 saturated heterocycles. The summed E-state index contributed by atoms with van der Waals surface area (Å²) in [6, 6.07) is 10.5. The first-order chi connectivity index (χ1) is 10.1. The molecule has 3 nitrogen and oxygen atoms in total. The van der Waals surface area contributed by atoms with Crippen molar-refractivity contribution in [3.8, 4) is 11.4 Å². The fraction of sp³-hybridized carbons (Fsp3) is 0.294. The molecule has 0 unspecified atom stereocenters. The van der Waals surface area contributed by atoms with Crippen LogP contribution in [0.4, 0.5) is 5.82 Å². The Bertz CT molecular complexity index is 773. The molecule has 0 radical (unpaired) electrons. The zero-order chi connectivity index (χ0) is 15.0. The van der Waals surface area contributed by atoms with Crippen molar-refractivity contribution in [2.75, 3.05) is 5.73 Å². The van der Waals surface area contributed by atoms with Gasteiger partial charge in [-0.15, -0.1) is 11.3 Å². The Morgan fingerprint density at radius 1 is 1.14 bits per heavy atom. The second-order valence-corrected chi connectivity index (χ2v) is 6.61. The first-order valence-electron chi connectivity index (χ1n) is 7.24. The summed E-state index contributed by atoms with van der Waals surface area (Å²) in [4.78, 5) is 11.4. The van der Waals surface area contributed by atoms with E-state index in [9.17, 15) is 0 Å². The van der Waals surface area contributed by atoms with E-state index in [1.54, 1.807) is 11.3 Å². The number of nitrogens with two attached hydrogens (primary N) is 1. The van der Waals surface area contributed by atoms with E-state index in [1.807, 2.05) is 0 Å². The molecule has 0 saturated carbocycles. The predicted molar refractivity (Wildman–Crippen MR) is 90.7 cm³/mol. The minimum Gasteiger partial charge on any atom is -0.383 e. The molecule has 3 rings (SSSR count). The molecule has 0 spiro atoms. The van der Waals surface area contributed by atoms with E-state index >= 15 is 0 Å². The van der Waals surface area contributed by atoms with E-state index in [0.29, 0.717) is 17.6 Å². The Morgan fingerprint density at radius 2 is 1.86 bits per heavy atom. The molecule has 2 N–H and O–H groups in total. The van der Waals surface area contributed by atoms with Crippen LogP contribution in [0.1, 0.15) is 37.1 Å². The second kappa shape index (κ2) is 5.45. The highest BCUT2D eigenvalue weighted by atomic mass is 32.1. The lowest BCUT2D eigenvalue weighted by atomic mass is 10.0. The molecule has 1 aromatic carbocycles. The molecule has 0 bridgehead atoms. The van der Waals surface area contributed by atoms with Gasteiger partial charge in [0, 0.05) is 10.4 Å². The number of aryl methyl sites for hydroxylation is 1. The van der Waals surface area contributed by atoms with E-state index in [-0.39, 0.29) is 0 Å². The van der Waals surface area contributed by atoms with Gasteiger partial charge in [0.1, 0.15) is 10.6 Å². The van der Waals surface area contributed by atoms with Gasteiger partial charge in [0.05, 0.1) is 5.39 Å². The fourth-order valence-corrected chi connectivity index (χ4v) is 3.29. The summed E-state index contributed by atoms with van der Waals surface area (Å²) in [5.74, 6) is 1.80. The van der Waals surface area contributed by atoms with Crippen LogP contribution >= 0.6 is 11.3 Å². The Morgan fingerprint density at radius 3 is 2.48 bits per heavy atom. The Labute approximate surface area is 128 Å². The van der Waals surface area contributed by atoms with Crippen LogP contribution in [0.15, 0.2) is 30.3 Å². The summed E-state index contributed by atoms with van der Waals surface area (Å²) < 4.78 is 0. The van der Waals surface area contributed by atoms with E-state index in [1.165, 1.54) is 10.4 Å². The molecule has 3 aromatic rings. The maximum atomic E-state index is 6.10. The highest BCUT2D eigenvalue weighted by Crippen LogP contribution is 2.30. The number of thiophene rings is 1. The maximum absolute atomic E-state index is 6.10. The molecular formula is C17H19N3S. The molecule has 2 aromatic heterocycles. The van der Waals surface area contributed by atoms with Gasteiger partial charge in [0.15, 0.2) is 5.82 Å². The lowest BCUT2D eigenvalue weighted by Crippen LogP contribution is -1.96. The average Bonchev–Trinajstić information content (AvgIpc) is 2.91. The van der Waals surface area contributed by atoms with E-state index < -0.39 is 0 Å². The van der Waals surface area contributed by atoms with Crippen molar-refractivity contribution in [1.82, 2.24) is 9.97 Å². The molecule has 0 atom stereocenters. The van der Waals surface area contributed by atoms with Gasteiger partial charge in [0.25, 0.3) is 0 Å². The van der Waals surface area contributed by atoms with Crippen molar-refractivity contribution >= 4 is 27.4 Å². The number of hydrogen-bond acceptors (Lipinski definition) is 4. The van der Waals surface area contributed by atoms with Gasteiger partial charge in [-0.05, 0) is 24.0 Å². The van der Waals surface area contributed by atoms with Crippen molar-refractivity contribution < 1.29 is 0 Å². The monoisotopic (exact) mass is 297 g/mol. The van der Waals surface area contributed by atoms with Crippen molar-refractivity contribution in [2.24, 2.45) is 0 Å². The summed E-state index contributed by atoms with van der Waals surface area (Å²) in [5.41, 5.74) is 8.43. The minimum absolute atomic E-state index is 0.525. The van der Waals surface area contributed by atoms with Crippen LogP contribution in [-0.4, -0.2) is 9.97 Å². The van der Waals surface area contributed by atoms with Crippen molar-refractivity contribution in [3.63, 3.8) is 0 Å². The third-order valence-electron chi connectivity index (χ3n) is 3.66. The zero-order valence-electron chi connectivity index (χ0n) is 12.6. The maximum Gasteiger partial charge on any atom is 0.163 e. The zero-order valence-corrected chi connectivity index (χ0v) is 13.4. The highest BCUT2D eigenvalue weighted by Gasteiger charge is 2.11. The molecule has 0 aliphatic rings. The number of hydrogen-bond donors (Lipinski definition) is 1. The Kier molecular flexibility index (Phi) is 3.64. The molecular weight excluding hydrogens is 278 g/mol. The van der Waals surface area contributed by atoms with Gasteiger partial charge in [-0.2, -0.15) is 0 Å². The normalized spacial score (nSPS) is 11.4. The average molecular weight is 297 g/mol. The van der Waals surface area contributed by atoms with Gasteiger partial charge in [-0.1, -0.05) is 45.0 Å². The third-order valence-corrected chi connectivity index (χ3v) is 4.83. The molecule has 4 heteroatoms. The largest absolute Gasteiger partial charge is 0.383 e. The van der Waals surface area contributed by atoms with Crippen LogP contribution in [0.3, 0.4) is 0 Å². The lowest BCUT2D eigenvalue weighted by Gasteiger charge is -2.07. The summed E-state index contributed by atoms with van der Waals surface area (Å²) >= 11 is 1.70. The van der Waals surface area contributed by atoms with E-state index in [0.717, 1.165) is 22.2 Å². The number of aromatic nitrogens is 2. The molecule has 0 amide bonds. The summed E-state index contributed by atoms with van der Waals surface area (Å²) in [7, 11) is 0. The Balaban J connectivity index is 2.07. The van der Waals surface area contributed by atoms with Crippen LogP contribution in [0.5, 0.6) is 0 Å². The second-order valence-electron chi connectivity index (χ2n) is 5.49. The summed E-state index contributed by atoms with van der Waals surface area (Å²) in [6.07, 6.45) is 0.999. The van der Waals surface area contributed by atoms with E-state index in [4.69, 9.17) is 5.73 Å².